The Morgan fingerprint density at radius 3 is 2.70 bits per heavy atom. The number of nitrogens with two attached hydrogens (primary N) is 1. The van der Waals surface area contributed by atoms with Crippen LogP contribution in [0.15, 0.2) is 42.7 Å². The summed E-state index contributed by atoms with van der Waals surface area (Å²) in [5, 5.41) is 0. The van der Waals surface area contributed by atoms with Crippen molar-refractivity contribution in [2.45, 2.75) is 26.4 Å². The van der Waals surface area contributed by atoms with E-state index in [1.54, 1.807) is 0 Å². The van der Waals surface area contributed by atoms with Crippen LogP contribution in [-0.2, 0) is 6.54 Å². The number of rotatable bonds is 5. The summed E-state index contributed by atoms with van der Waals surface area (Å²) in [6.07, 6.45) is 3.76. The van der Waals surface area contributed by atoms with Gasteiger partial charge in [-0.05, 0) is 43.7 Å². The van der Waals surface area contributed by atoms with Gasteiger partial charge < -0.3 is 5.73 Å². The van der Waals surface area contributed by atoms with Crippen molar-refractivity contribution in [2.75, 3.05) is 13.6 Å². The molecule has 3 heteroatoms. The molecule has 1 unspecified atom stereocenters. The fourth-order valence-electron chi connectivity index (χ4n) is 2.58. The molecule has 0 saturated heterocycles. The first kappa shape index (κ1) is 14.7. The maximum Gasteiger partial charge on any atom is 0.0488 e. The van der Waals surface area contributed by atoms with Crippen LogP contribution in [0, 0.1) is 13.8 Å². The number of aromatic nitrogens is 1. The first-order valence-corrected chi connectivity index (χ1v) is 6.98. The molecule has 1 heterocycles. The summed E-state index contributed by atoms with van der Waals surface area (Å²) in [4.78, 5) is 6.53. The predicted octanol–water partition coefficient (Wildman–Crippen LogP) is 2.83. The fourth-order valence-corrected chi connectivity index (χ4v) is 2.58. The molecule has 0 bridgehead atoms. The third kappa shape index (κ3) is 3.44. The van der Waals surface area contributed by atoms with Crippen LogP contribution >= 0.6 is 0 Å². The second-order valence-corrected chi connectivity index (χ2v) is 5.39. The highest BCUT2D eigenvalue weighted by Crippen LogP contribution is 2.22. The Bertz CT molecular complexity index is 566. The standard InChI is InChI=1S/C17H23N3/c1-13-5-4-6-15(9-13)12-20(3)17(10-18)16-11-19-8-7-14(16)2/h4-9,11,17H,10,12,18H2,1-3H3. The number of aryl methyl sites for hydroxylation is 2. The number of hydrogen-bond donors (Lipinski definition) is 1. The van der Waals surface area contributed by atoms with Crippen molar-refractivity contribution >= 4 is 0 Å². The average molecular weight is 269 g/mol. The number of nitrogens with zero attached hydrogens (tertiary/aromatic N) is 2. The van der Waals surface area contributed by atoms with E-state index in [0.717, 1.165) is 6.54 Å². The maximum atomic E-state index is 5.99. The Hall–Kier alpha value is -1.71. The summed E-state index contributed by atoms with van der Waals surface area (Å²) in [6.45, 7) is 5.71. The molecular formula is C17H23N3. The monoisotopic (exact) mass is 269 g/mol. The van der Waals surface area contributed by atoms with Gasteiger partial charge in [0, 0.05) is 31.5 Å². The average Bonchev–Trinajstić information content (AvgIpc) is 2.41. The van der Waals surface area contributed by atoms with Crippen LogP contribution in [0.3, 0.4) is 0 Å². The summed E-state index contributed by atoms with van der Waals surface area (Å²) >= 11 is 0. The van der Waals surface area contributed by atoms with Crippen molar-refractivity contribution in [2.24, 2.45) is 5.73 Å². The number of benzene rings is 1. The third-order valence-corrected chi connectivity index (χ3v) is 3.71. The number of hydrogen-bond acceptors (Lipinski definition) is 3. The molecular weight excluding hydrogens is 246 g/mol. The highest BCUT2D eigenvalue weighted by Gasteiger charge is 2.17. The zero-order chi connectivity index (χ0) is 14.5. The normalized spacial score (nSPS) is 12.7. The van der Waals surface area contributed by atoms with Gasteiger partial charge in [-0.25, -0.2) is 0 Å². The quantitative estimate of drug-likeness (QED) is 0.907. The molecule has 1 atom stereocenters. The molecule has 2 rings (SSSR count). The number of likely N-dealkylation sites (N-methyl/N-ethyl adjacent to an activating group) is 1. The molecule has 2 aromatic rings. The van der Waals surface area contributed by atoms with Crippen LogP contribution in [0.2, 0.25) is 0 Å². The first-order chi connectivity index (χ1) is 9.61. The van der Waals surface area contributed by atoms with Gasteiger partial charge in [-0.15, -0.1) is 0 Å². The molecule has 0 radical (unpaired) electrons. The van der Waals surface area contributed by atoms with Crippen molar-refractivity contribution in [3.63, 3.8) is 0 Å². The van der Waals surface area contributed by atoms with E-state index < -0.39 is 0 Å². The first-order valence-electron chi connectivity index (χ1n) is 6.98. The molecule has 1 aromatic carbocycles. The van der Waals surface area contributed by atoms with Crippen LogP contribution in [0.4, 0.5) is 0 Å². The van der Waals surface area contributed by atoms with Gasteiger partial charge in [0.05, 0.1) is 0 Å². The molecule has 0 amide bonds. The van der Waals surface area contributed by atoms with Gasteiger partial charge in [0.15, 0.2) is 0 Å². The van der Waals surface area contributed by atoms with E-state index in [2.05, 4.69) is 55.0 Å². The van der Waals surface area contributed by atoms with Gasteiger partial charge in [0.25, 0.3) is 0 Å². The topological polar surface area (TPSA) is 42.1 Å². The third-order valence-electron chi connectivity index (χ3n) is 3.71. The second-order valence-electron chi connectivity index (χ2n) is 5.39. The SMILES string of the molecule is Cc1cccc(CN(C)C(CN)c2cnccc2C)c1. The van der Waals surface area contributed by atoms with Crippen LogP contribution < -0.4 is 5.73 Å². The van der Waals surface area contributed by atoms with Gasteiger partial charge in [-0.1, -0.05) is 29.8 Å². The van der Waals surface area contributed by atoms with Crippen LogP contribution in [0.25, 0.3) is 0 Å². The largest absolute Gasteiger partial charge is 0.329 e. The lowest BCUT2D eigenvalue weighted by molar-refractivity contribution is 0.240. The molecule has 0 fully saturated rings. The molecule has 0 aliphatic carbocycles. The summed E-state index contributed by atoms with van der Waals surface area (Å²) in [7, 11) is 2.12. The van der Waals surface area contributed by atoms with Crippen LogP contribution in [0.1, 0.15) is 28.3 Å². The van der Waals surface area contributed by atoms with Gasteiger partial charge >= 0.3 is 0 Å². The van der Waals surface area contributed by atoms with Gasteiger partial charge in [0.1, 0.15) is 0 Å². The second kappa shape index (κ2) is 6.64. The smallest absolute Gasteiger partial charge is 0.0488 e. The van der Waals surface area contributed by atoms with E-state index in [0.29, 0.717) is 6.54 Å². The Labute approximate surface area is 121 Å². The van der Waals surface area contributed by atoms with Crippen LogP contribution in [-0.4, -0.2) is 23.5 Å². The predicted molar refractivity (Wildman–Crippen MR) is 83.4 cm³/mol. The molecule has 0 aliphatic heterocycles. The lowest BCUT2D eigenvalue weighted by atomic mass is 10.0. The minimum Gasteiger partial charge on any atom is -0.329 e. The molecule has 3 nitrogen and oxygen atoms in total. The van der Waals surface area contributed by atoms with Crippen molar-refractivity contribution in [3.8, 4) is 0 Å². The molecule has 1 aromatic heterocycles. The van der Waals surface area contributed by atoms with E-state index in [1.165, 1.54) is 22.3 Å². The van der Waals surface area contributed by atoms with Gasteiger partial charge in [-0.2, -0.15) is 0 Å². The molecule has 106 valence electrons. The highest BCUT2D eigenvalue weighted by atomic mass is 15.1. The van der Waals surface area contributed by atoms with E-state index in [1.807, 2.05) is 18.5 Å². The molecule has 0 aliphatic rings. The van der Waals surface area contributed by atoms with Crippen molar-refractivity contribution < 1.29 is 0 Å². The van der Waals surface area contributed by atoms with Crippen molar-refractivity contribution in [3.05, 3.63) is 65.0 Å². The zero-order valence-corrected chi connectivity index (χ0v) is 12.5. The lowest BCUT2D eigenvalue weighted by Crippen LogP contribution is -2.30. The Morgan fingerprint density at radius 2 is 2.05 bits per heavy atom. The van der Waals surface area contributed by atoms with Crippen molar-refractivity contribution in [1.82, 2.24) is 9.88 Å². The highest BCUT2D eigenvalue weighted by molar-refractivity contribution is 5.26. The molecule has 2 N–H and O–H groups in total. The minimum absolute atomic E-state index is 0.198. The fraction of sp³-hybridized carbons (Fsp3) is 0.353. The Morgan fingerprint density at radius 1 is 1.25 bits per heavy atom. The Balaban J connectivity index is 2.18. The molecule has 0 spiro atoms. The summed E-state index contributed by atoms with van der Waals surface area (Å²) < 4.78 is 0. The molecule has 0 saturated carbocycles. The van der Waals surface area contributed by atoms with E-state index in [9.17, 15) is 0 Å². The lowest BCUT2D eigenvalue weighted by Gasteiger charge is -2.28. The maximum absolute atomic E-state index is 5.99. The van der Waals surface area contributed by atoms with E-state index >= 15 is 0 Å². The van der Waals surface area contributed by atoms with Crippen molar-refractivity contribution in [1.29, 1.82) is 0 Å². The van der Waals surface area contributed by atoms with Gasteiger partial charge in [-0.3, -0.25) is 9.88 Å². The van der Waals surface area contributed by atoms with Gasteiger partial charge in [0.2, 0.25) is 0 Å². The van der Waals surface area contributed by atoms with E-state index in [-0.39, 0.29) is 6.04 Å². The Kier molecular flexibility index (Phi) is 4.88. The summed E-state index contributed by atoms with van der Waals surface area (Å²) in [5.74, 6) is 0. The summed E-state index contributed by atoms with van der Waals surface area (Å²) in [5.41, 5.74) is 11.0. The number of pyridine rings is 1. The minimum atomic E-state index is 0.198. The summed E-state index contributed by atoms with van der Waals surface area (Å²) in [6, 6.07) is 10.8. The zero-order valence-electron chi connectivity index (χ0n) is 12.5. The molecule has 20 heavy (non-hydrogen) atoms. The van der Waals surface area contributed by atoms with Crippen LogP contribution in [0.5, 0.6) is 0 Å². The van der Waals surface area contributed by atoms with E-state index in [4.69, 9.17) is 5.73 Å².